The van der Waals surface area contributed by atoms with Crippen molar-refractivity contribution in [2.45, 2.75) is 20.1 Å². The Kier molecular flexibility index (Phi) is 6.36. The number of hydrogen-bond acceptors (Lipinski definition) is 4. The zero-order valence-corrected chi connectivity index (χ0v) is 15.5. The van der Waals surface area contributed by atoms with Crippen LogP contribution in [0.25, 0.3) is 0 Å². The SMILES string of the molecule is CC(=O)c1cccc(NC(=O)NCc2ccc(OCc3cccnc3)cc2)c1. The van der Waals surface area contributed by atoms with Crippen LogP contribution in [0.15, 0.2) is 73.1 Å². The molecule has 28 heavy (non-hydrogen) atoms. The van der Waals surface area contributed by atoms with Gasteiger partial charge in [0.1, 0.15) is 12.4 Å². The van der Waals surface area contributed by atoms with Crippen molar-refractivity contribution in [2.75, 3.05) is 5.32 Å². The molecule has 1 heterocycles. The molecule has 0 saturated heterocycles. The Morgan fingerprint density at radius 2 is 1.82 bits per heavy atom. The second-order valence-electron chi connectivity index (χ2n) is 6.24. The van der Waals surface area contributed by atoms with Gasteiger partial charge in [0.15, 0.2) is 5.78 Å². The topological polar surface area (TPSA) is 80.3 Å². The molecule has 0 bridgehead atoms. The smallest absolute Gasteiger partial charge is 0.319 e. The Morgan fingerprint density at radius 1 is 1.00 bits per heavy atom. The van der Waals surface area contributed by atoms with E-state index in [2.05, 4.69) is 15.6 Å². The maximum atomic E-state index is 12.1. The molecule has 0 aliphatic heterocycles. The molecule has 6 nitrogen and oxygen atoms in total. The molecule has 0 saturated carbocycles. The first-order valence-electron chi connectivity index (χ1n) is 8.86. The molecule has 0 radical (unpaired) electrons. The molecule has 1 aromatic heterocycles. The highest BCUT2D eigenvalue weighted by Gasteiger charge is 2.05. The zero-order valence-electron chi connectivity index (χ0n) is 15.5. The Balaban J connectivity index is 1.47. The fourth-order valence-electron chi connectivity index (χ4n) is 2.53. The van der Waals surface area contributed by atoms with Gasteiger partial charge in [0.2, 0.25) is 0 Å². The summed E-state index contributed by atoms with van der Waals surface area (Å²) in [5, 5.41) is 5.51. The van der Waals surface area contributed by atoms with Gasteiger partial charge in [-0.3, -0.25) is 9.78 Å². The van der Waals surface area contributed by atoms with Gasteiger partial charge < -0.3 is 15.4 Å². The van der Waals surface area contributed by atoms with Crippen LogP contribution in [0.4, 0.5) is 10.5 Å². The van der Waals surface area contributed by atoms with Gasteiger partial charge in [-0.1, -0.05) is 30.3 Å². The number of anilines is 1. The molecule has 3 rings (SSSR count). The van der Waals surface area contributed by atoms with Crippen LogP contribution in [0.2, 0.25) is 0 Å². The summed E-state index contributed by atoms with van der Waals surface area (Å²) in [6.45, 7) is 2.32. The van der Waals surface area contributed by atoms with Crippen molar-refractivity contribution >= 4 is 17.5 Å². The average Bonchev–Trinajstić information content (AvgIpc) is 2.72. The van der Waals surface area contributed by atoms with E-state index in [0.29, 0.717) is 24.4 Å². The number of urea groups is 1. The highest BCUT2D eigenvalue weighted by molar-refractivity contribution is 5.96. The lowest BCUT2D eigenvalue weighted by Crippen LogP contribution is -2.28. The van der Waals surface area contributed by atoms with E-state index >= 15 is 0 Å². The fraction of sp³-hybridized carbons (Fsp3) is 0.136. The lowest BCUT2D eigenvalue weighted by molar-refractivity contribution is 0.101. The fourth-order valence-corrected chi connectivity index (χ4v) is 2.53. The predicted octanol–water partition coefficient (Wildman–Crippen LogP) is 4.18. The number of pyridine rings is 1. The van der Waals surface area contributed by atoms with Crippen molar-refractivity contribution in [1.29, 1.82) is 0 Å². The molecule has 0 atom stereocenters. The third kappa shape index (κ3) is 5.67. The lowest BCUT2D eigenvalue weighted by atomic mass is 10.1. The summed E-state index contributed by atoms with van der Waals surface area (Å²) in [5.74, 6) is 0.702. The molecule has 142 valence electrons. The van der Waals surface area contributed by atoms with Crippen LogP contribution in [0.3, 0.4) is 0 Å². The molecule has 0 aliphatic rings. The van der Waals surface area contributed by atoms with Crippen molar-refractivity contribution in [2.24, 2.45) is 0 Å². The second kappa shape index (κ2) is 9.32. The van der Waals surface area contributed by atoms with Crippen molar-refractivity contribution in [1.82, 2.24) is 10.3 Å². The number of rotatable bonds is 7. The molecule has 3 aromatic rings. The van der Waals surface area contributed by atoms with Crippen LogP contribution < -0.4 is 15.4 Å². The van der Waals surface area contributed by atoms with Gasteiger partial charge in [-0.2, -0.15) is 0 Å². The van der Waals surface area contributed by atoms with Crippen LogP contribution in [0.1, 0.15) is 28.4 Å². The number of ketones is 1. The molecule has 2 aromatic carbocycles. The van der Waals surface area contributed by atoms with E-state index < -0.39 is 0 Å². The number of Topliss-reactive ketones (excluding diaryl/α,β-unsaturated/α-hetero) is 1. The monoisotopic (exact) mass is 375 g/mol. The summed E-state index contributed by atoms with van der Waals surface area (Å²) >= 11 is 0. The first kappa shape index (κ1) is 19.1. The van der Waals surface area contributed by atoms with Crippen LogP contribution in [-0.2, 0) is 13.2 Å². The van der Waals surface area contributed by atoms with Gasteiger partial charge in [0.05, 0.1) is 0 Å². The number of carbonyl (C=O) groups is 2. The minimum absolute atomic E-state index is 0.0464. The van der Waals surface area contributed by atoms with Crippen molar-refractivity contribution in [3.63, 3.8) is 0 Å². The second-order valence-corrected chi connectivity index (χ2v) is 6.24. The highest BCUT2D eigenvalue weighted by atomic mass is 16.5. The lowest BCUT2D eigenvalue weighted by Gasteiger charge is -2.10. The van der Waals surface area contributed by atoms with Crippen LogP contribution in [0, 0.1) is 0 Å². The number of ether oxygens (including phenoxy) is 1. The van der Waals surface area contributed by atoms with Crippen molar-refractivity contribution in [3.05, 3.63) is 89.7 Å². The van der Waals surface area contributed by atoms with E-state index in [1.807, 2.05) is 36.4 Å². The molecule has 0 fully saturated rings. The number of benzene rings is 2. The molecule has 0 spiro atoms. The number of nitrogens with one attached hydrogen (secondary N) is 2. The first-order chi connectivity index (χ1) is 13.6. The third-order valence-electron chi connectivity index (χ3n) is 4.03. The summed E-state index contributed by atoms with van der Waals surface area (Å²) < 4.78 is 5.71. The van der Waals surface area contributed by atoms with Gasteiger partial charge in [-0.05, 0) is 42.8 Å². The zero-order chi connectivity index (χ0) is 19.8. The first-order valence-corrected chi connectivity index (χ1v) is 8.86. The molecule has 2 N–H and O–H groups in total. The van der Waals surface area contributed by atoms with E-state index in [1.165, 1.54) is 6.92 Å². The summed E-state index contributed by atoms with van der Waals surface area (Å²) in [4.78, 5) is 27.5. The van der Waals surface area contributed by atoms with E-state index in [4.69, 9.17) is 4.74 Å². The normalized spacial score (nSPS) is 10.2. The summed E-state index contributed by atoms with van der Waals surface area (Å²) in [6, 6.07) is 17.8. The van der Waals surface area contributed by atoms with E-state index in [0.717, 1.165) is 16.9 Å². The van der Waals surface area contributed by atoms with Crippen LogP contribution >= 0.6 is 0 Å². The van der Waals surface area contributed by atoms with Gasteiger partial charge in [-0.25, -0.2) is 4.79 Å². The van der Waals surface area contributed by atoms with Gasteiger partial charge >= 0.3 is 6.03 Å². The minimum Gasteiger partial charge on any atom is -0.489 e. The van der Waals surface area contributed by atoms with Gasteiger partial charge in [0.25, 0.3) is 0 Å². The minimum atomic E-state index is -0.336. The van der Waals surface area contributed by atoms with Gasteiger partial charge in [-0.15, -0.1) is 0 Å². The maximum Gasteiger partial charge on any atom is 0.319 e. The average molecular weight is 375 g/mol. The number of amides is 2. The standard InChI is InChI=1S/C22H21N3O3/c1-16(26)19-5-2-6-20(12-19)25-22(27)24-14-17-7-9-21(10-8-17)28-15-18-4-3-11-23-13-18/h2-13H,14-15H2,1H3,(H2,24,25,27). The molecule has 0 unspecified atom stereocenters. The van der Waals surface area contributed by atoms with Crippen molar-refractivity contribution < 1.29 is 14.3 Å². The Hall–Kier alpha value is -3.67. The Labute approximate surface area is 163 Å². The Bertz CT molecular complexity index is 941. The van der Waals surface area contributed by atoms with E-state index in [9.17, 15) is 9.59 Å². The molecule has 0 aliphatic carbocycles. The number of aromatic nitrogens is 1. The van der Waals surface area contributed by atoms with Crippen LogP contribution in [0.5, 0.6) is 5.75 Å². The molecule has 2 amide bonds. The molecule has 6 heteroatoms. The maximum absolute atomic E-state index is 12.1. The predicted molar refractivity (Wildman–Crippen MR) is 107 cm³/mol. The number of nitrogens with zero attached hydrogens (tertiary/aromatic N) is 1. The summed E-state index contributed by atoms with van der Waals surface area (Å²) in [7, 11) is 0. The van der Waals surface area contributed by atoms with E-state index in [-0.39, 0.29) is 11.8 Å². The summed E-state index contributed by atoms with van der Waals surface area (Å²) in [6.07, 6.45) is 3.49. The third-order valence-corrected chi connectivity index (χ3v) is 4.03. The highest BCUT2D eigenvalue weighted by Crippen LogP contribution is 2.14. The molecular weight excluding hydrogens is 354 g/mol. The number of hydrogen-bond donors (Lipinski definition) is 2. The Morgan fingerprint density at radius 3 is 2.54 bits per heavy atom. The molecular formula is C22H21N3O3. The summed E-state index contributed by atoms with van der Waals surface area (Å²) in [5.41, 5.74) is 3.07. The largest absolute Gasteiger partial charge is 0.489 e. The van der Waals surface area contributed by atoms with E-state index in [1.54, 1.807) is 36.7 Å². The van der Waals surface area contributed by atoms with Crippen LogP contribution in [-0.4, -0.2) is 16.8 Å². The van der Waals surface area contributed by atoms with Crippen molar-refractivity contribution in [3.8, 4) is 5.75 Å². The van der Waals surface area contributed by atoms with Gasteiger partial charge in [0, 0.05) is 35.8 Å². The number of carbonyl (C=O) groups excluding carboxylic acids is 2. The quantitative estimate of drug-likeness (QED) is 0.607.